The highest BCUT2D eigenvalue weighted by Crippen LogP contribution is 2.27. The highest BCUT2D eigenvalue weighted by Gasteiger charge is 2.28. The fourth-order valence-electron chi connectivity index (χ4n) is 3.61. The second kappa shape index (κ2) is 13.4. The van der Waals surface area contributed by atoms with Gasteiger partial charge in [0.25, 0.3) is 0 Å². The summed E-state index contributed by atoms with van der Waals surface area (Å²) < 4.78 is 11.3. The molecule has 2 rings (SSSR count). The van der Waals surface area contributed by atoms with Gasteiger partial charge in [0.1, 0.15) is 11.9 Å². The highest BCUT2D eigenvalue weighted by atomic mass is 16.5. The third-order valence-electron chi connectivity index (χ3n) is 5.35. The Hall–Kier alpha value is -1.77. The topological polar surface area (TPSA) is 35.5 Å². The van der Waals surface area contributed by atoms with Crippen LogP contribution in [0, 0.1) is 0 Å². The van der Waals surface area contributed by atoms with E-state index in [1.807, 2.05) is 30.3 Å². The van der Waals surface area contributed by atoms with Gasteiger partial charge in [0.2, 0.25) is 0 Å². The van der Waals surface area contributed by atoms with Crippen LogP contribution in [0.2, 0.25) is 0 Å². The Labute approximate surface area is 171 Å². The van der Waals surface area contributed by atoms with Crippen molar-refractivity contribution in [1.29, 1.82) is 0 Å². The zero-order valence-corrected chi connectivity index (χ0v) is 17.9. The molecule has 28 heavy (non-hydrogen) atoms. The van der Waals surface area contributed by atoms with E-state index in [0.717, 1.165) is 49.2 Å². The monoisotopic (exact) mass is 386 g/mol. The number of carbonyl (C=O) groups is 1. The van der Waals surface area contributed by atoms with E-state index in [9.17, 15) is 4.79 Å². The Morgan fingerprint density at radius 3 is 2.29 bits per heavy atom. The second-order valence-corrected chi connectivity index (χ2v) is 7.94. The van der Waals surface area contributed by atoms with E-state index in [1.165, 1.54) is 51.4 Å². The van der Waals surface area contributed by atoms with Crippen molar-refractivity contribution in [2.75, 3.05) is 6.61 Å². The lowest BCUT2D eigenvalue weighted by Crippen LogP contribution is -2.05. The molecule has 0 saturated carbocycles. The minimum atomic E-state index is -0.152. The van der Waals surface area contributed by atoms with Crippen molar-refractivity contribution >= 4 is 12.0 Å². The molecule has 1 atom stereocenters. The molecule has 0 aromatic heterocycles. The fourth-order valence-corrected chi connectivity index (χ4v) is 3.61. The van der Waals surface area contributed by atoms with Gasteiger partial charge in [0, 0.05) is 12.0 Å². The van der Waals surface area contributed by atoms with Crippen LogP contribution in [0.4, 0.5) is 0 Å². The summed E-state index contributed by atoms with van der Waals surface area (Å²) in [5, 5.41) is 0. The van der Waals surface area contributed by atoms with Crippen LogP contribution in [0.15, 0.2) is 29.8 Å². The second-order valence-electron chi connectivity index (χ2n) is 7.94. The summed E-state index contributed by atoms with van der Waals surface area (Å²) in [7, 11) is 0. The van der Waals surface area contributed by atoms with E-state index in [1.54, 1.807) is 0 Å². The molecule has 3 heteroatoms. The van der Waals surface area contributed by atoms with Crippen LogP contribution in [0.1, 0.15) is 96.5 Å². The Kier molecular flexibility index (Phi) is 10.8. The largest absolute Gasteiger partial charge is 0.494 e. The van der Waals surface area contributed by atoms with Crippen LogP contribution in [-0.2, 0) is 9.53 Å². The first-order valence-corrected chi connectivity index (χ1v) is 11.4. The Morgan fingerprint density at radius 2 is 1.57 bits per heavy atom. The van der Waals surface area contributed by atoms with Crippen molar-refractivity contribution in [3.8, 4) is 5.75 Å². The average molecular weight is 387 g/mol. The number of unbranched alkanes of at least 4 members (excludes halogenated alkanes) is 8. The molecule has 1 aromatic rings. The van der Waals surface area contributed by atoms with Gasteiger partial charge in [-0.3, -0.25) is 0 Å². The number of cyclic esters (lactones) is 1. The average Bonchev–Trinajstić information content (AvgIpc) is 3.04. The summed E-state index contributed by atoms with van der Waals surface area (Å²) in [6, 6.07) is 8.02. The van der Waals surface area contributed by atoms with Gasteiger partial charge in [0.15, 0.2) is 0 Å². The first kappa shape index (κ1) is 22.5. The zero-order chi connectivity index (χ0) is 20.0. The number of esters is 1. The lowest BCUT2D eigenvalue weighted by Gasteiger charge is -2.07. The molecule has 1 fully saturated rings. The van der Waals surface area contributed by atoms with Crippen molar-refractivity contribution < 1.29 is 14.3 Å². The fraction of sp³-hybridized carbons (Fsp3) is 0.640. The predicted octanol–water partition coefficient (Wildman–Crippen LogP) is 7.10. The zero-order valence-electron chi connectivity index (χ0n) is 17.9. The van der Waals surface area contributed by atoms with Gasteiger partial charge >= 0.3 is 5.97 Å². The molecule has 1 aliphatic rings. The molecule has 0 spiro atoms. The first-order chi connectivity index (χ1) is 13.7. The maximum absolute atomic E-state index is 12.1. The molecule has 1 aliphatic heterocycles. The Balaban J connectivity index is 1.69. The molecule has 0 aliphatic carbocycles. The first-order valence-electron chi connectivity index (χ1n) is 11.4. The summed E-state index contributed by atoms with van der Waals surface area (Å²) in [5.41, 5.74) is 1.82. The van der Waals surface area contributed by atoms with Crippen molar-refractivity contribution in [3.05, 3.63) is 35.4 Å². The molecule has 0 N–H and O–H groups in total. The molecule has 0 bridgehead atoms. The van der Waals surface area contributed by atoms with Crippen molar-refractivity contribution in [1.82, 2.24) is 0 Å². The lowest BCUT2D eigenvalue weighted by atomic mass is 10.0. The van der Waals surface area contributed by atoms with Gasteiger partial charge < -0.3 is 9.47 Å². The molecular weight excluding hydrogens is 348 g/mol. The third-order valence-corrected chi connectivity index (χ3v) is 5.35. The minimum Gasteiger partial charge on any atom is -0.494 e. The Bertz CT molecular complexity index is 588. The van der Waals surface area contributed by atoms with Crippen LogP contribution in [0.25, 0.3) is 6.08 Å². The predicted molar refractivity (Wildman–Crippen MR) is 117 cm³/mol. The Morgan fingerprint density at radius 1 is 0.929 bits per heavy atom. The molecule has 3 nitrogen and oxygen atoms in total. The van der Waals surface area contributed by atoms with Crippen LogP contribution < -0.4 is 4.74 Å². The van der Waals surface area contributed by atoms with Crippen LogP contribution in [-0.4, -0.2) is 18.7 Å². The molecule has 0 amide bonds. The van der Waals surface area contributed by atoms with E-state index >= 15 is 0 Å². The van der Waals surface area contributed by atoms with Crippen LogP contribution in [0.3, 0.4) is 0 Å². The van der Waals surface area contributed by atoms with Crippen molar-refractivity contribution in [3.63, 3.8) is 0 Å². The number of hydrogen-bond acceptors (Lipinski definition) is 3. The SMILES string of the molecule is CCCCCCCCCOc1ccc(/C=C2/CC(CCCCC)OC2=O)cc1. The van der Waals surface area contributed by atoms with E-state index in [2.05, 4.69) is 13.8 Å². The van der Waals surface area contributed by atoms with Crippen molar-refractivity contribution in [2.24, 2.45) is 0 Å². The summed E-state index contributed by atoms with van der Waals surface area (Å²) in [6.07, 6.45) is 16.3. The molecule has 1 heterocycles. The molecule has 0 radical (unpaired) electrons. The van der Waals surface area contributed by atoms with Crippen LogP contribution >= 0.6 is 0 Å². The maximum Gasteiger partial charge on any atom is 0.334 e. The van der Waals surface area contributed by atoms with E-state index < -0.39 is 0 Å². The maximum atomic E-state index is 12.1. The van der Waals surface area contributed by atoms with Gasteiger partial charge in [-0.15, -0.1) is 0 Å². The van der Waals surface area contributed by atoms with Crippen LogP contribution in [0.5, 0.6) is 5.75 Å². The third kappa shape index (κ3) is 8.50. The molecule has 156 valence electrons. The normalized spacial score (nSPS) is 17.9. The lowest BCUT2D eigenvalue weighted by molar-refractivity contribution is -0.139. The van der Waals surface area contributed by atoms with Gasteiger partial charge in [-0.1, -0.05) is 77.3 Å². The summed E-state index contributed by atoms with van der Waals surface area (Å²) in [6.45, 7) is 5.22. The van der Waals surface area contributed by atoms with E-state index in [0.29, 0.717) is 0 Å². The number of benzene rings is 1. The molecular formula is C25H38O3. The van der Waals surface area contributed by atoms with E-state index in [4.69, 9.17) is 9.47 Å². The molecule has 1 aromatic carbocycles. The van der Waals surface area contributed by atoms with Crippen molar-refractivity contribution in [2.45, 2.75) is 97.0 Å². The summed E-state index contributed by atoms with van der Waals surface area (Å²) in [4.78, 5) is 12.1. The quantitative estimate of drug-likeness (QED) is 0.194. The van der Waals surface area contributed by atoms with Gasteiger partial charge in [-0.25, -0.2) is 4.79 Å². The minimum absolute atomic E-state index is 0.0647. The number of carbonyl (C=O) groups excluding carboxylic acids is 1. The standard InChI is InChI=1S/C25H38O3/c1-3-5-7-8-9-10-12-18-27-23-16-14-21(15-17-23)19-22-20-24(28-25(22)26)13-11-6-4-2/h14-17,19,24H,3-13,18,20H2,1-2H3/b22-19-. The van der Waals surface area contributed by atoms with Gasteiger partial charge in [-0.05, 0) is 43.0 Å². The summed E-state index contributed by atoms with van der Waals surface area (Å²) in [5.74, 6) is 0.750. The number of ether oxygens (including phenoxy) is 2. The van der Waals surface area contributed by atoms with E-state index in [-0.39, 0.29) is 12.1 Å². The molecule has 1 unspecified atom stereocenters. The number of rotatable bonds is 14. The van der Waals surface area contributed by atoms with Gasteiger partial charge in [0.05, 0.1) is 6.61 Å². The smallest absolute Gasteiger partial charge is 0.334 e. The summed E-state index contributed by atoms with van der Waals surface area (Å²) >= 11 is 0. The highest BCUT2D eigenvalue weighted by molar-refractivity contribution is 5.95. The number of hydrogen-bond donors (Lipinski definition) is 0. The van der Waals surface area contributed by atoms with Gasteiger partial charge in [-0.2, -0.15) is 0 Å². The molecule has 1 saturated heterocycles.